The average Bonchev–Trinajstić information content (AvgIpc) is 3.25. The molecule has 1 unspecified atom stereocenters. The molecule has 186 valence electrons. The van der Waals surface area contributed by atoms with Crippen molar-refractivity contribution in [1.29, 1.82) is 0 Å². The quantitative estimate of drug-likeness (QED) is 0.251. The Labute approximate surface area is 221 Å². The topological polar surface area (TPSA) is 71.8 Å². The number of hydrogen-bond acceptors (Lipinski definition) is 4. The third-order valence-corrected chi connectivity index (χ3v) is 7.26. The van der Waals surface area contributed by atoms with Crippen LogP contribution in [-0.4, -0.2) is 20.8 Å². The van der Waals surface area contributed by atoms with Crippen LogP contribution in [0.15, 0.2) is 65.8 Å². The van der Waals surface area contributed by atoms with Crippen molar-refractivity contribution in [2.24, 2.45) is 0 Å². The van der Waals surface area contributed by atoms with E-state index < -0.39 is 6.04 Å². The molecule has 1 aromatic heterocycles. The second-order valence-corrected chi connectivity index (χ2v) is 10.4. The van der Waals surface area contributed by atoms with Crippen molar-refractivity contribution < 1.29 is 4.79 Å². The minimum absolute atomic E-state index is 0.308. The molecule has 4 rings (SSSR count). The molecule has 6 nitrogen and oxygen atoms in total. The number of aryl methyl sites for hydroxylation is 4. The Balaban J connectivity index is 1.60. The van der Waals surface area contributed by atoms with Gasteiger partial charge in [-0.1, -0.05) is 65.3 Å². The summed E-state index contributed by atoms with van der Waals surface area (Å²) in [6.07, 6.45) is 0. The summed E-state index contributed by atoms with van der Waals surface area (Å²) in [5.74, 6) is 1.37. The van der Waals surface area contributed by atoms with Crippen molar-refractivity contribution in [3.63, 3.8) is 0 Å². The number of carbonyl (C=O) groups is 1. The first-order valence-electron chi connectivity index (χ1n) is 11.8. The summed E-state index contributed by atoms with van der Waals surface area (Å²) in [4.78, 5) is 12.8. The number of thioether (sulfide) groups is 1. The Kier molecular flexibility index (Phi) is 8.01. The number of nitrogens with one attached hydrogen (secondary N) is 2. The molecular formula is C28H30ClN5OS. The van der Waals surface area contributed by atoms with Crippen molar-refractivity contribution in [2.45, 2.75) is 51.6 Å². The molecule has 3 aromatic carbocycles. The lowest BCUT2D eigenvalue weighted by atomic mass is 10.1. The third kappa shape index (κ3) is 6.09. The highest BCUT2D eigenvalue weighted by Gasteiger charge is 2.22. The molecule has 0 spiro atoms. The number of anilines is 1. The van der Waals surface area contributed by atoms with E-state index in [4.69, 9.17) is 11.6 Å². The second kappa shape index (κ2) is 11.2. The van der Waals surface area contributed by atoms with Gasteiger partial charge in [-0.15, -0.1) is 10.2 Å². The molecule has 2 amide bonds. The molecule has 0 saturated heterocycles. The van der Waals surface area contributed by atoms with Crippen LogP contribution in [-0.2, 0) is 5.75 Å². The molecule has 1 heterocycles. The SMILES string of the molecule is Cc1cccc(CSc2nnc(C(C)NC(=O)Nc3ccc(C)c(C)c3)n2-c2cc(Cl)ccc2C)c1. The van der Waals surface area contributed by atoms with Crippen LogP contribution in [0.25, 0.3) is 5.69 Å². The molecular weight excluding hydrogens is 490 g/mol. The second-order valence-electron chi connectivity index (χ2n) is 9.00. The molecule has 2 N–H and O–H groups in total. The lowest BCUT2D eigenvalue weighted by molar-refractivity contribution is 0.249. The first-order chi connectivity index (χ1) is 17.2. The van der Waals surface area contributed by atoms with Crippen LogP contribution >= 0.6 is 23.4 Å². The number of rotatable bonds is 7. The van der Waals surface area contributed by atoms with E-state index in [0.717, 1.165) is 33.4 Å². The number of carbonyl (C=O) groups excluding carboxylic acids is 1. The van der Waals surface area contributed by atoms with Crippen molar-refractivity contribution in [3.05, 3.63) is 99.3 Å². The molecule has 0 aliphatic carbocycles. The summed E-state index contributed by atoms with van der Waals surface area (Å²) in [6, 6.07) is 19.3. The lowest BCUT2D eigenvalue weighted by Gasteiger charge is -2.18. The van der Waals surface area contributed by atoms with Gasteiger partial charge in [0.15, 0.2) is 11.0 Å². The van der Waals surface area contributed by atoms with Gasteiger partial charge in [-0.25, -0.2) is 4.79 Å². The highest BCUT2D eigenvalue weighted by Crippen LogP contribution is 2.30. The maximum Gasteiger partial charge on any atom is 0.319 e. The molecule has 8 heteroatoms. The Bertz CT molecular complexity index is 1400. The Morgan fingerprint density at radius 3 is 2.50 bits per heavy atom. The average molecular weight is 520 g/mol. The molecule has 36 heavy (non-hydrogen) atoms. The molecule has 0 saturated carbocycles. The van der Waals surface area contributed by atoms with Crippen molar-refractivity contribution >= 4 is 35.1 Å². The zero-order chi connectivity index (χ0) is 25.8. The van der Waals surface area contributed by atoms with Gasteiger partial charge in [0.2, 0.25) is 0 Å². The van der Waals surface area contributed by atoms with E-state index in [2.05, 4.69) is 52.0 Å². The number of urea groups is 1. The Hall–Kier alpha value is -3.29. The van der Waals surface area contributed by atoms with E-state index >= 15 is 0 Å². The summed E-state index contributed by atoms with van der Waals surface area (Å²) >= 11 is 7.96. The zero-order valence-corrected chi connectivity index (χ0v) is 22.7. The van der Waals surface area contributed by atoms with Gasteiger partial charge >= 0.3 is 6.03 Å². The van der Waals surface area contributed by atoms with Crippen LogP contribution < -0.4 is 10.6 Å². The van der Waals surface area contributed by atoms with Crippen molar-refractivity contribution in [2.75, 3.05) is 5.32 Å². The van der Waals surface area contributed by atoms with Gasteiger partial charge in [0, 0.05) is 16.5 Å². The Morgan fingerprint density at radius 1 is 0.972 bits per heavy atom. The maximum atomic E-state index is 12.8. The predicted molar refractivity (Wildman–Crippen MR) is 148 cm³/mol. The van der Waals surface area contributed by atoms with Crippen LogP contribution in [0, 0.1) is 27.7 Å². The van der Waals surface area contributed by atoms with Crippen LogP contribution in [0.5, 0.6) is 0 Å². The standard InChI is InChI=1S/C28H30ClN5OS/c1-17-7-6-8-22(13-17)16-36-28-33-32-26(34(28)25-15-23(29)11-9-19(25)3)21(5)30-27(35)31-24-12-10-18(2)20(4)14-24/h6-15,21H,16H2,1-5H3,(H2,30,31,35). The van der Waals surface area contributed by atoms with E-state index in [1.807, 2.05) is 68.7 Å². The van der Waals surface area contributed by atoms with Gasteiger partial charge in [0.1, 0.15) is 0 Å². The normalized spacial score (nSPS) is 11.8. The van der Waals surface area contributed by atoms with E-state index in [0.29, 0.717) is 10.8 Å². The fourth-order valence-electron chi connectivity index (χ4n) is 3.90. The van der Waals surface area contributed by atoms with Crippen molar-refractivity contribution in [1.82, 2.24) is 20.1 Å². The highest BCUT2D eigenvalue weighted by atomic mass is 35.5. The smallest absolute Gasteiger partial charge is 0.319 e. The minimum Gasteiger partial charge on any atom is -0.328 e. The molecule has 0 bridgehead atoms. The summed E-state index contributed by atoms with van der Waals surface area (Å²) < 4.78 is 1.99. The van der Waals surface area contributed by atoms with Gasteiger partial charge in [0.05, 0.1) is 11.7 Å². The first kappa shape index (κ1) is 25.8. The van der Waals surface area contributed by atoms with Gasteiger partial charge < -0.3 is 10.6 Å². The number of aromatic nitrogens is 3. The van der Waals surface area contributed by atoms with E-state index in [1.165, 1.54) is 16.7 Å². The minimum atomic E-state index is -0.407. The largest absolute Gasteiger partial charge is 0.328 e. The number of hydrogen-bond donors (Lipinski definition) is 2. The van der Waals surface area contributed by atoms with Gasteiger partial charge in [-0.2, -0.15) is 0 Å². The molecule has 0 aliphatic heterocycles. The number of halogens is 1. The maximum absolute atomic E-state index is 12.8. The summed E-state index contributed by atoms with van der Waals surface area (Å²) in [5, 5.41) is 16.3. The summed E-state index contributed by atoms with van der Waals surface area (Å²) in [6.45, 7) is 10.1. The first-order valence-corrected chi connectivity index (χ1v) is 13.1. The number of amides is 2. The molecule has 4 aromatic rings. The van der Waals surface area contributed by atoms with Gasteiger partial charge in [0.25, 0.3) is 0 Å². The highest BCUT2D eigenvalue weighted by molar-refractivity contribution is 7.98. The fraction of sp³-hybridized carbons (Fsp3) is 0.250. The molecule has 0 radical (unpaired) electrons. The van der Waals surface area contributed by atoms with Gasteiger partial charge in [-0.05, 0) is 81.1 Å². The van der Waals surface area contributed by atoms with E-state index in [1.54, 1.807) is 11.8 Å². The van der Waals surface area contributed by atoms with E-state index in [9.17, 15) is 4.79 Å². The third-order valence-electron chi connectivity index (χ3n) is 6.02. The van der Waals surface area contributed by atoms with Crippen LogP contribution in [0.4, 0.5) is 10.5 Å². The summed E-state index contributed by atoms with van der Waals surface area (Å²) in [7, 11) is 0. The van der Waals surface area contributed by atoms with Crippen molar-refractivity contribution in [3.8, 4) is 5.69 Å². The molecule has 0 aliphatic rings. The van der Waals surface area contributed by atoms with E-state index in [-0.39, 0.29) is 6.03 Å². The monoisotopic (exact) mass is 519 g/mol. The van der Waals surface area contributed by atoms with Gasteiger partial charge in [-0.3, -0.25) is 4.57 Å². The van der Waals surface area contributed by atoms with Crippen LogP contribution in [0.3, 0.4) is 0 Å². The Morgan fingerprint density at radius 2 is 1.75 bits per heavy atom. The fourth-order valence-corrected chi connectivity index (χ4v) is 4.96. The number of nitrogens with zero attached hydrogens (tertiary/aromatic N) is 3. The number of benzene rings is 3. The lowest BCUT2D eigenvalue weighted by Crippen LogP contribution is -2.32. The van der Waals surface area contributed by atoms with Crippen LogP contribution in [0.1, 0.15) is 46.6 Å². The summed E-state index contributed by atoms with van der Waals surface area (Å²) in [5.41, 5.74) is 7.38. The molecule has 0 fully saturated rings. The van der Waals surface area contributed by atoms with Crippen LogP contribution in [0.2, 0.25) is 5.02 Å². The molecule has 1 atom stereocenters. The zero-order valence-electron chi connectivity index (χ0n) is 21.1. The predicted octanol–water partition coefficient (Wildman–Crippen LogP) is 7.33.